The van der Waals surface area contributed by atoms with Crippen LogP contribution in [0.4, 0.5) is 5.69 Å². The minimum atomic E-state index is -3.37. The van der Waals surface area contributed by atoms with E-state index in [1.54, 1.807) is 18.5 Å². The molecule has 0 amide bonds. The smallest absolute Gasteiger partial charge is 0.236 e. The van der Waals surface area contributed by atoms with E-state index in [0.29, 0.717) is 26.2 Å². The number of piperazine rings is 1. The summed E-state index contributed by atoms with van der Waals surface area (Å²) in [5.74, 6) is 0. The van der Waals surface area contributed by atoms with E-state index in [2.05, 4.69) is 9.88 Å². The fraction of sp³-hybridized carbons (Fsp3) is 0.235. The zero-order valence-corrected chi connectivity index (χ0v) is 13.6. The summed E-state index contributed by atoms with van der Waals surface area (Å²) in [5, 5.41) is 1.30. The summed E-state index contributed by atoms with van der Waals surface area (Å²) < 4.78 is 26.4. The molecule has 0 radical (unpaired) electrons. The van der Waals surface area contributed by atoms with E-state index in [0.717, 1.165) is 11.3 Å². The highest BCUT2D eigenvalue weighted by Gasteiger charge is 2.25. The van der Waals surface area contributed by atoms with Gasteiger partial charge >= 0.3 is 0 Å². The first kappa shape index (κ1) is 15.7. The van der Waals surface area contributed by atoms with Gasteiger partial charge in [0.25, 0.3) is 0 Å². The van der Waals surface area contributed by atoms with Crippen molar-refractivity contribution in [2.75, 3.05) is 31.1 Å². The molecule has 0 N–H and O–H groups in total. The van der Waals surface area contributed by atoms with Crippen LogP contribution >= 0.6 is 0 Å². The molecule has 2 aromatic rings. The second-order valence-electron chi connectivity index (χ2n) is 5.35. The molecule has 0 aliphatic carbocycles. The van der Waals surface area contributed by atoms with E-state index in [1.165, 1.54) is 9.71 Å². The lowest BCUT2D eigenvalue weighted by molar-refractivity contribution is 0.390. The van der Waals surface area contributed by atoms with Gasteiger partial charge in [0, 0.05) is 49.7 Å². The molecule has 1 aliphatic rings. The van der Waals surface area contributed by atoms with Crippen LogP contribution in [0.2, 0.25) is 0 Å². The topological polar surface area (TPSA) is 53.5 Å². The molecule has 0 spiro atoms. The molecule has 1 aromatic carbocycles. The van der Waals surface area contributed by atoms with Crippen LogP contribution in [0, 0.1) is 0 Å². The summed E-state index contributed by atoms with van der Waals surface area (Å²) in [6, 6.07) is 13.3. The molecule has 1 aromatic heterocycles. The molecular weight excluding hydrogens is 310 g/mol. The van der Waals surface area contributed by atoms with Gasteiger partial charge in [0.2, 0.25) is 10.0 Å². The van der Waals surface area contributed by atoms with Crippen molar-refractivity contribution in [3.05, 3.63) is 65.8 Å². The lowest BCUT2D eigenvalue weighted by atomic mass is 10.2. The molecule has 23 heavy (non-hydrogen) atoms. The van der Waals surface area contributed by atoms with Crippen molar-refractivity contribution in [1.29, 1.82) is 0 Å². The van der Waals surface area contributed by atoms with Crippen LogP contribution in [0.15, 0.2) is 60.3 Å². The van der Waals surface area contributed by atoms with Gasteiger partial charge in [-0.25, -0.2) is 8.42 Å². The maximum Gasteiger partial charge on any atom is 0.236 e. The van der Waals surface area contributed by atoms with Crippen molar-refractivity contribution in [3.8, 4) is 0 Å². The number of hydrogen-bond donors (Lipinski definition) is 0. The molecule has 0 unspecified atom stereocenters. The number of nitrogens with zero attached hydrogens (tertiary/aromatic N) is 3. The molecule has 1 fully saturated rings. The third kappa shape index (κ3) is 3.97. The van der Waals surface area contributed by atoms with Crippen LogP contribution in [-0.2, 0) is 10.0 Å². The predicted molar refractivity (Wildman–Crippen MR) is 92.4 cm³/mol. The molecule has 6 heteroatoms. The molecule has 0 saturated carbocycles. The summed E-state index contributed by atoms with van der Waals surface area (Å²) >= 11 is 0. The Labute approximate surface area is 136 Å². The highest BCUT2D eigenvalue weighted by molar-refractivity contribution is 7.92. The minimum absolute atomic E-state index is 0.490. The lowest BCUT2D eigenvalue weighted by Crippen LogP contribution is -2.48. The van der Waals surface area contributed by atoms with Crippen LogP contribution in [0.25, 0.3) is 6.08 Å². The monoisotopic (exact) mass is 329 g/mol. The Morgan fingerprint density at radius 2 is 1.57 bits per heavy atom. The van der Waals surface area contributed by atoms with Crippen LogP contribution in [0.3, 0.4) is 0 Å². The molecule has 0 bridgehead atoms. The van der Waals surface area contributed by atoms with E-state index in [9.17, 15) is 8.42 Å². The summed E-state index contributed by atoms with van der Waals surface area (Å²) in [4.78, 5) is 6.18. The molecular formula is C17H19N3O2S. The van der Waals surface area contributed by atoms with Gasteiger partial charge in [0.05, 0.1) is 0 Å². The first-order valence-electron chi connectivity index (χ1n) is 7.53. The van der Waals surface area contributed by atoms with Gasteiger partial charge in [-0.3, -0.25) is 4.98 Å². The number of aromatic nitrogens is 1. The quantitative estimate of drug-likeness (QED) is 0.863. The van der Waals surface area contributed by atoms with Crippen molar-refractivity contribution in [3.63, 3.8) is 0 Å². The van der Waals surface area contributed by atoms with Gasteiger partial charge in [-0.05, 0) is 23.8 Å². The number of benzene rings is 1. The van der Waals surface area contributed by atoms with E-state index in [4.69, 9.17) is 0 Å². The Kier molecular flexibility index (Phi) is 4.73. The highest BCUT2D eigenvalue weighted by atomic mass is 32.2. The standard InChI is InChI=1S/C17H19N3O2S/c21-23(22,15-8-16-4-2-1-3-5-16)20-13-11-19(12-14-20)17-6-9-18-10-7-17/h1-10,15H,11-14H2/b15-8+. The van der Waals surface area contributed by atoms with Gasteiger partial charge in [0.1, 0.15) is 0 Å². The fourth-order valence-corrected chi connectivity index (χ4v) is 3.74. The predicted octanol–water partition coefficient (Wildman–Crippen LogP) is 2.20. The summed E-state index contributed by atoms with van der Waals surface area (Å²) in [5.41, 5.74) is 1.96. The Morgan fingerprint density at radius 3 is 2.22 bits per heavy atom. The van der Waals surface area contributed by atoms with Crippen molar-refractivity contribution in [2.24, 2.45) is 0 Å². The number of pyridine rings is 1. The molecule has 2 heterocycles. The molecule has 120 valence electrons. The third-order valence-electron chi connectivity index (χ3n) is 3.86. The van der Waals surface area contributed by atoms with E-state index < -0.39 is 10.0 Å². The normalized spacial score (nSPS) is 16.8. The Balaban J connectivity index is 1.63. The zero-order valence-electron chi connectivity index (χ0n) is 12.7. The maximum atomic E-state index is 12.4. The van der Waals surface area contributed by atoms with Gasteiger partial charge in [0.15, 0.2) is 0 Å². The largest absolute Gasteiger partial charge is 0.369 e. The number of sulfonamides is 1. The summed E-state index contributed by atoms with van der Waals surface area (Å²) in [6.45, 7) is 2.35. The van der Waals surface area contributed by atoms with E-state index in [1.807, 2.05) is 42.5 Å². The number of rotatable bonds is 4. The molecule has 5 nitrogen and oxygen atoms in total. The zero-order chi connectivity index (χ0) is 16.1. The summed E-state index contributed by atoms with van der Waals surface area (Å²) in [7, 11) is -3.37. The van der Waals surface area contributed by atoms with Crippen molar-refractivity contribution in [2.45, 2.75) is 0 Å². The van der Waals surface area contributed by atoms with Gasteiger partial charge in [-0.1, -0.05) is 30.3 Å². The van der Waals surface area contributed by atoms with Gasteiger partial charge in [-0.15, -0.1) is 0 Å². The molecule has 0 atom stereocenters. The van der Waals surface area contributed by atoms with Crippen molar-refractivity contribution >= 4 is 21.8 Å². The average molecular weight is 329 g/mol. The van der Waals surface area contributed by atoms with Crippen molar-refractivity contribution in [1.82, 2.24) is 9.29 Å². The molecule has 1 saturated heterocycles. The van der Waals surface area contributed by atoms with Crippen LogP contribution in [0.1, 0.15) is 5.56 Å². The number of hydrogen-bond acceptors (Lipinski definition) is 4. The maximum absolute atomic E-state index is 12.4. The van der Waals surface area contributed by atoms with Crippen LogP contribution in [0.5, 0.6) is 0 Å². The second kappa shape index (κ2) is 6.93. The fourth-order valence-electron chi connectivity index (χ4n) is 2.57. The molecule has 1 aliphatic heterocycles. The first-order chi connectivity index (χ1) is 11.1. The van der Waals surface area contributed by atoms with Gasteiger partial charge < -0.3 is 4.90 Å². The Morgan fingerprint density at radius 1 is 0.913 bits per heavy atom. The lowest BCUT2D eigenvalue weighted by Gasteiger charge is -2.34. The van der Waals surface area contributed by atoms with E-state index in [-0.39, 0.29) is 0 Å². The Hall–Kier alpha value is -2.18. The SMILES string of the molecule is O=S(=O)(/C=C/c1ccccc1)N1CCN(c2ccncc2)CC1. The van der Waals surface area contributed by atoms with Crippen LogP contribution in [-0.4, -0.2) is 43.9 Å². The summed E-state index contributed by atoms with van der Waals surface area (Å²) in [6.07, 6.45) is 5.15. The van der Waals surface area contributed by atoms with Crippen LogP contribution < -0.4 is 4.90 Å². The number of anilines is 1. The van der Waals surface area contributed by atoms with E-state index >= 15 is 0 Å². The minimum Gasteiger partial charge on any atom is -0.369 e. The van der Waals surface area contributed by atoms with Crippen molar-refractivity contribution < 1.29 is 8.42 Å². The highest BCUT2D eigenvalue weighted by Crippen LogP contribution is 2.17. The average Bonchev–Trinajstić information content (AvgIpc) is 2.62. The molecule has 3 rings (SSSR count). The Bertz CT molecular complexity index is 753. The second-order valence-corrected chi connectivity index (χ2v) is 7.17. The third-order valence-corrected chi connectivity index (χ3v) is 5.42. The van der Waals surface area contributed by atoms with Gasteiger partial charge in [-0.2, -0.15) is 4.31 Å². The first-order valence-corrected chi connectivity index (χ1v) is 9.04.